The second-order valence-electron chi connectivity index (χ2n) is 8.00. The Hall–Kier alpha value is -2.41. The van der Waals surface area contributed by atoms with Gasteiger partial charge in [0.05, 0.1) is 6.10 Å². The number of nitrogens with one attached hydrogen (secondary N) is 1. The molecular weight excluding hydrogens is 384 g/mol. The number of hydrogen-bond acceptors (Lipinski definition) is 4. The van der Waals surface area contributed by atoms with E-state index in [2.05, 4.69) is 5.32 Å². The number of aliphatic carboxylic acids is 1. The van der Waals surface area contributed by atoms with E-state index in [9.17, 15) is 24.6 Å². The largest absolute Gasteiger partial charge is 0.480 e. The molecule has 0 radical (unpaired) electrons. The molecule has 0 bridgehead atoms. The van der Waals surface area contributed by atoms with Crippen LogP contribution in [0.5, 0.6) is 0 Å². The van der Waals surface area contributed by atoms with Gasteiger partial charge in [0.25, 0.3) is 0 Å². The molecule has 1 heterocycles. The third-order valence-electron chi connectivity index (χ3n) is 5.84. The van der Waals surface area contributed by atoms with Crippen LogP contribution in [0, 0.1) is 5.92 Å². The standard InChI is InChI=1S/C23H34N2O5/c26-17-24-15-7-6-12-19(22(28)25-16-8-13-20(25)23(29)30)11-4-5-14-21(27)18-9-2-1-3-10-18/h1-3,9-10,17,19-21,27H,4-8,11-16H2,(H,24,26)(H,29,30)/t19?,20-,21?/m0/s1. The summed E-state index contributed by atoms with van der Waals surface area (Å²) in [5, 5.41) is 22.3. The normalized spacial score (nSPS) is 18.0. The molecule has 1 aromatic carbocycles. The van der Waals surface area contributed by atoms with E-state index in [1.165, 1.54) is 4.90 Å². The lowest BCUT2D eigenvalue weighted by Crippen LogP contribution is -2.43. The molecule has 2 unspecified atom stereocenters. The Labute approximate surface area is 178 Å². The molecule has 0 aromatic heterocycles. The Kier molecular flexibility index (Phi) is 10.3. The number of nitrogens with zero attached hydrogens (tertiary/aromatic N) is 1. The summed E-state index contributed by atoms with van der Waals surface area (Å²) in [5.74, 6) is -1.21. The quantitative estimate of drug-likeness (QED) is 0.318. The van der Waals surface area contributed by atoms with Crippen molar-refractivity contribution in [2.75, 3.05) is 13.1 Å². The first-order valence-electron chi connectivity index (χ1n) is 11.0. The number of carboxylic acid groups (broad SMARTS) is 1. The SMILES string of the molecule is O=CNCCCCC(CCCCC(O)c1ccccc1)C(=O)N1CCC[C@H]1C(=O)O. The Balaban J connectivity index is 1.86. The van der Waals surface area contributed by atoms with Gasteiger partial charge in [0.15, 0.2) is 0 Å². The summed E-state index contributed by atoms with van der Waals surface area (Å²) in [5.41, 5.74) is 0.897. The van der Waals surface area contributed by atoms with Crippen molar-refractivity contribution in [2.24, 2.45) is 5.92 Å². The lowest BCUT2D eigenvalue weighted by atomic mass is 9.92. The molecule has 30 heavy (non-hydrogen) atoms. The molecule has 0 saturated carbocycles. The zero-order valence-corrected chi connectivity index (χ0v) is 17.5. The number of aliphatic hydroxyl groups is 1. The zero-order chi connectivity index (χ0) is 21.8. The van der Waals surface area contributed by atoms with E-state index < -0.39 is 18.1 Å². The van der Waals surface area contributed by atoms with Crippen LogP contribution in [0.25, 0.3) is 0 Å². The van der Waals surface area contributed by atoms with E-state index in [4.69, 9.17) is 0 Å². The molecule has 1 aliphatic rings. The van der Waals surface area contributed by atoms with Crippen LogP contribution in [0.1, 0.15) is 69.5 Å². The van der Waals surface area contributed by atoms with E-state index >= 15 is 0 Å². The molecule has 2 rings (SSSR count). The number of aliphatic hydroxyl groups excluding tert-OH is 1. The number of unbranched alkanes of at least 4 members (excludes halogenated alkanes) is 2. The maximum atomic E-state index is 13.1. The van der Waals surface area contributed by atoms with Gasteiger partial charge in [-0.15, -0.1) is 0 Å². The van der Waals surface area contributed by atoms with Gasteiger partial charge in [0.2, 0.25) is 12.3 Å². The molecule has 2 amide bonds. The van der Waals surface area contributed by atoms with E-state index in [0.29, 0.717) is 45.2 Å². The van der Waals surface area contributed by atoms with Gasteiger partial charge in [0.1, 0.15) is 6.04 Å². The highest BCUT2D eigenvalue weighted by atomic mass is 16.4. The summed E-state index contributed by atoms with van der Waals surface area (Å²) in [6, 6.07) is 8.83. The van der Waals surface area contributed by atoms with Crippen molar-refractivity contribution in [3.05, 3.63) is 35.9 Å². The molecule has 3 atom stereocenters. The van der Waals surface area contributed by atoms with Crippen molar-refractivity contribution in [2.45, 2.75) is 69.9 Å². The number of amides is 2. The third kappa shape index (κ3) is 7.44. The highest BCUT2D eigenvalue weighted by Gasteiger charge is 2.36. The highest BCUT2D eigenvalue weighted by molar-refractivity contribution is 5.85. The molecule has 3 N–H and O–H groups in total. The van der Waals surface area contributed by atoms with Crippen molar-refractivity contribution >= 4 is 18.3 Å². The molecule has 0 aliphatic carbocycles. The Morgan fingerprint density at radius 3 is 2.43 bits per heavy atom. The molecular formula is C23H34N2O5. The van der Waals surface area contributed by atoms with Gasteiger partial charge in [-0.3, -0.25) is 9.59 Å². The van der Waals surface area contributed by atoms with E-state index in [-0.39, 0.29) is 11.8 Å². The first-order chi connectivity index (χ1) is 14.5. The number of carboxylic acids is 1. The smallest absolute Gasteiger partial charge is 0.326 e. The second kappa shape index (κ2) is 13.0. The number of hydrogen-bond donors (Lipinski definition) is 3. The fraction of sp³-hybridized carbons (Fsp3) is 0.609. The average Bonchev–Trinajstić information content (AvgIpc) is 3.25. The predicted molar refractivity (Wildman–Crippen MR) is 114 cm³/mol. The minimum Gasteiger partial charge on any atom is -0.480 e. The predicted octanol–water partition coefficient (Wildman–Crippen LogP) is 2.89. The first-order valence-corrected chi connectivity index (χ1v) is 11.0. The molecule has 1 saturated heterocycles. The number of carbonyl (C=O) groups excluding carboxylic acids is 2. The molecule has 1 aliphatic heterocycles. The highest BCUT2D eigenvalue weighted by Crippen LogP contribution is 2.27. The van der Waals surface area contributed by atoms with Crippen molar-refractivity contribution in [3.8, 4) is 0 Å². The average molecular weight is 419 g/mol. The van der Waals surface area contributed by atoms with Gasteiger partial charge in [-0.1, -0.05) is 49.6 Å². The topological polar surface area (TPSA) is 107 Å². The molecule has 1 aromatic rings. The van der Waals surface area contributed by atoms with Crippen LogP contribution in [0.15, 0.2) is 30.3 Å². The number of likely N-dealkylation sites (tertiary alicyclic amines) is 1. The van der Waals surface area contributed by atoms with Crippen molar-refractivity contribution < 1.29 is 24.6 Å². The number of carbonyl (C=O) groups is 3. The Bertz CT molecular complexity index is 667. The Morgan fingerprint density at radius 1 is 1.10 bits per heavy atom. The fourth-order valence-corrected chi connectivity index (χ4v) is 4.16. The van der Waals surface area contributed by atoms with Gasteiger partial charge in [-0.05, 0) is 44.1 Å². The molecule has 7 heteroatoms. The van der Waals surface area contributed by atoms with Gasteiger partial charge in [-0.25, -0.2) is 4.79 Å². The maximum absolute atomic E-state index is 13.1. The van der Waals surface area contributed by atoms with Crippen LogP contribution in [0.4, 0.5) is 0 Å². The number of benzene rings is 1. The van der Waals surface area contributed by atoms with Gasteiger partial charge >= 0.3 is 5.97 Å². The summed E-state index contributed by atoms with van der Waals surface area (Å²) in [6.45, 7) is 1.08. The zero-order valence-electron chi connectivity index (χ0n) is 17.5. The Morgan fingerprint density at radius 2 is 1.77 bits per heavy atom. The van der Waals surface area contributed by atoms with Gasteiger partial charge in [-0.2, -0.15) is 0 Å². The summed E-state index contributed by atoms with van der Waals surface area (Å²) in [7, 11) is 0. The van der Waals surface area contributed by atoms with Gasteiger partial charge < -0.3 is 20.4 Å². The maximum Gasteiger partial charge on any atom is 0.326 e. The van der Waals surface area contributed by atoms with Crippen LogP contribution in [0.3, 0.4) is 0 Å². The molecule has 1 fully saturated rings. The van der Waals surface area contributed by atoms with Crippen molar-refractivity contribution in [3.63, 3.8) is 0 Å². The van der Waals surface area contributed by atoms with Crippen LogP contribution < -0.4 is 5.32 Å². The summed E-state index contributed by atoms with van der Waals surface area (Å²) in [6.07, 6.45) is 6.60. The monoisotopic (exact) mass is 418 g/mol. The van der Waals surface area contributed by atoms with Crippen LogP contribution in [-0.2, 0) is 14.4 Å². The van der Waals surface area contributed by atoms with Crippen LogP contribution in [-0.4, -0.2) is 52.5 Å². The summed E-state index contributed by atoms with van der Waals surface area (Å²) < 4.78 is 0. The summed E-state index contributed by atoms with van der Waals surface area (Å²) >= 11 is 0. The summed E-state index contributed by atoms with van der Waals surface area (Å²) in [4.78, 5) is 36.5. The molecule has 0 spiro atoms. The van der Waals surface area contributed by atoms with Crippen LogP contribution >= 0.6 is 0 Å². The lowest BCUT2D eigenvalue weighted by Gasteiger charge is -2.27. The van der Waals surface area contributed by atoms with Gasteiger partial charge in [0, 0.05) is 19.0 Å². The first kappa shape index (κ1) is 23.9. The molecule has 166 valence electrons. The van der Waals surface area contributed by atoms with E-state index in [1.807, 2.05) is 30.3 Å². The fourth-order valence-electron chi connectivity index (χ4n) is 4.16. The van der Waals surface area contributed by atoms with Crippen LogP contribution in [0.2, 0.25) is 0 Å². The van der Waals surface area contributed by atoms with E-state index in [0.717, 1.165) is 37.7 Å². The lowest BCUT2D eigenvalue weighted by molar-refractivity contribution is -0.150. The van der Waals surface area contributed by atoms with Crippen molar-refractivity contribution in [1.82, 2.24) is 10.2 Å². The minimum absolute atomic E-state index is 0.0631. The third-order valence-corrected chi connectivity index (χ3v) is 5.84. The van der Waals surface area contributed by atoms with Crippen molar-refractivity contribution in [1.29, 1.82) is 0 Å². The number of rotatable bonds is 14. The van der Waals surface area contributed by atoms with E-state index in [1.54, 1.807) is 0 Å². The minimum atomic E-state index is -0.930. The second-order valence-corrected chi connectivity index (χ2v) is 8.00. The molecule has 7 nitrogen and oxygen atoms in total.